The zero-order valence-corrected chi connectivity index (χ0v) is 48.2. The van der Waals surface area contributed by atoms with E-state index < -0.39 is 79.1 Å². The van der Waals surface area contributed by atoms with E-state index in [1.54, 1.807) is 36.4 Å². The third-order valence-corrected chi connectivity index (χ3v) is 18.9. The second-order valence-electron chi connectivity index (χ2n) is 19.8. The Morgan fingerprint density at radius 3 is 1.54 bits per heavy atom. The number of non-ortho nitro benzene ring substituents is 2. The van der Waals surface area contributed by atoms with Gasteiger partial charge in [0.2, 0.25) is 0 Å². The van der Waals surface area contributed by atoms with Crippen molar-refractivity contribution in [3.8, 4) is 0 Å². The molecule has 0 aromatic heterocycles. The first-order valence-electron chi connectivity index (χ1n) is 25.5. The van der Waals surface area contributed by atoms with Gasteiger partial charge in [-0.15, -0.1) is 11.5 Å². The number of nitro benzene ring substituents is 2. The molecule has 0 saturated carbocycles. The van der Waals surface area contributed by atoms with Crippen LogP contribution in [-0.2, 0) is 43.2 Å². The van der Waals surface area contributed by atoms with E-state index in [4.69, 9.17) is 24.1 Å². The van der Waals surface area contributed by atoms with Crippen LogP contribution in [0.4, 0.5) is 11.4 Å². The van der Waals surface area contributed by atoms with Gasteiger partial charge in [0.05, 0.1) is 68.9 Å². The van der Waals surface area contributed by atoms with Crippen LogP contribution in [0.1, 0.15) is 85.9 Å². The van der Waals surface area contributed by atoms with Gasteiger partial charge in [0, 0.05) is 48.9 Å². The lowest BCUT2D eigenvalue weighted by Crippen LogP contribution is -2.29. The summed E-state index contributed by atoms with van der Waals surface area (Å²) in [6.07, 6.45) is 1.83. The van der Waals surface area contributed by atoms with Crippen LogP contribution in [0.15, 0.2) is 191 Å². The third kappa shape index (κ3) is 22.0. The van der Waals surface area contributed by atoms with E-state index in [1.165, 1.54) is 92.2 Å². The molecule has 0 bridgehead atoms. The van der Waals surface area contributed by atoms with Gasteiger partial charge in [-0.3, -0.25) is 20.2 Å². The van der Waals surface area contributed by atoms with E-state index >= 15 is 0 Å². The molecule has 2 unspecified atom stereocenters. The van der Waals surface area contributed by atoms with Crippen molar-refractivity contribution >= 4 is 50.1 Å². The van der Waals surface area contributed by atoms with E-state index in [0.29, 0.717) is 51.4 Å². The van der Waals surface area contributed by atoms with Gasteiger partial charge in [-0.2, -0.15) is 0 Å². The van der Waals surface area contributed by atoms with Crippen LogP contribution in [-0.4, -0.2) is 117 Å². The zero-order valence-electron chi connectivity index (χ0n) is 45.7. The lowest BCUT2D eigenvalue weighted by atomic mass is 9.99. The molecule has 2 fully saturated rings. The number of sulfone groups is 2. The predicted octanol–water partition coefficient (Wildman–Crippen LogP) is 10.9. The molecule has 0 spiro atoms. The molecule has 4 aromatic rings. The van der Waals surface area contributed by atoms with Crippen molar-refractivity contribution in [3.05, 3.63) is 212 Å². The quantitative estimate of drug-likeness (QED) is 0.0165. The zero-order chi connectivity index (χ0) is 60.1. The van der Waals surface area contributed by atoms with Crippen molar-refractivity contribution in [3.63, 3.8) is 0 Å². The predicted molar refractivity (Wildman–Crippen MR) is 308 cm³/mol. The first-order valence-corrected chi connectivity index (χ1v) is 31.5. The summed E-state index contributed by atoms with van der Waals surface area (Å²) in [5, 5.41) is 41.6. The van der Waals surface area contributed by atoms with Gasteiger partial charge in [-0.25, -0.2) is 26.4 Å². The first-order chi connectivity index (χ1) is 38.1. The third-order valence-electron chi connectivity index (χ3n) is 12.6. The number of esters is 2. The van der Waals surface area contributed by atoms with Gasteiger partial charge in [0.25, 0.3) is 11.4 Å². The highest BCUT2D eigenvalue weighted by atomic mass is 32.2. The molecule has 4 aromatic carbocycles. The van der Waals surface area contributed by atoms with Crippen molar-refractivity contribution < 1.29 is 70.0 Å². The number of nitro groups is 2. The number of hydrogen-bond acceptors (Lipinski definition) is 17. The number of hydrogen-bond donors (Lipinski definition) is 2. The maximum Gasteiger partial charge on any atom is 0.338 e. The molecule has 19 nitrogen and oxygen atoms in total. The fraction of sp³-hybridized carbons (Fsp3) is 0.356. The van der Waals surface area contributed by atoms with E-state index in [-0.39, 0.29) is 56.6 Å². The normalized spacial score (nSPS) is 18.1. The minimum absolute atomic E-state index is 0.106. The summed E-state index contributed by atoms with van der Waals surface area (Å²) in [7, 11) is -9.49. The highest BCUT2D eigenvalue weighted by molar-refractivity contribution is 7.98. The Balaban J connectivity index is 0.000000286. The second-order valence-corrected chi connectivity index (χ2v) is 27.5. The van der Waals surface area contributed by atoms with Crippen LogP contribution in [0.2, 0.25) is 0 Å². The summed E-state index contributed by atoms with van der Waals surface area (Å²) in [5.41, 5.74) is 8.85. The summed E-state index contributed by atoms with van der Waals surface area (Å²) in [5.74, 6) is -1.17. The smallest absolute Gasteiger partial charge is 0.338 e. The lowest BCUT2D eigenvalue weighted by Gasteiger charge is -2.21. The van der Waals surface area contributed by atoms with Crippen LogP contribution < -0.4 is 0 Å². The van der Waals surface area contributed by atoms with Gasteiger partial charge in [0.1, 0.15) is 23.8 Å². The molecule has 2 N–H and O–H groups in total. The molecule has 0 aliphatic carbocycles. The molecule has 0 amide bonds. The minimum Gasteiger partial charge on any atom is -0.458 e. The van der Waals surface area contributed by atoms with Gasteiger partial charge in [-0.05, 0) is 136 Å². The molecule has 2 aliphatic rings. The molecule has 2 heterocycles. The molecular formula is C59H69N2O17PS2. The molecule has 81 heavy (non-hydrogen) atoms. The number of carbonyl (C=O) groups is 2. The number of nitrogens with zero attached hydrogens (tertiary/aromatic N) is 2. The van der Waals surface area contributed by atoms with Crippen molar-refractivity contribution in [2.45, 2.75) is 118 Å². The number of rotatable bonds is 24. The van der Waals surface area contributed by atoms with Crippen molar-refractivity contribution in [1.29, 1.82) is 0 Å². The van der Waals surface area contributed by atoms with E-state index in [0.717, 1.165) is 27.7 Å². The summed E-state index contributed by atoms with van der Waals surface area (Å²) >= 11 is 0. The minimum atomic E-state index is -3.57. The highest BCUT2D eigenvalue weighted by Gasteiger charge is 2.34. The lowest BCUT2D eigenvalue weighted by molar-refractivity contribution is -0.385. The van der Waals surface area contributed by atoms with Crippen LogP contribution in [0.25, 0.3) is 0 Å². The second kappa shape index (κ2) is 31.2. The monoisotopic (exact) mass is 1170 g/mol. The largest absolute Gasteiger partial charge is 0.458 e. The number of aliphatic hydroxyl groups excluding tert-OH is 2. The fourth-order valence-corrected chi connectivity index (χ4v) is 13.8. The standard InChI is InChI=1S/C28H29NO7S.C22H27NO7.C9H13O3PS/c1-4-20(2)18-24(36-28(30)22-10-12-23(13-11-22)29(31)32)14-15-27-21(3)19-25(35-27)16-17-37(33,34)26-8-6-5-7-9-26;1-4-14(2)11-18(9-10-20-15(3)12-21(30-20)19(25)13-24)29-22(26)16-5-7-17(8-6-16)23(27)28;1-13(2,10)8-14(11,12)9-6-4-3-5-7-9/h5-13,16-17,24-25,27H,1,3,14-15,18-19H2,2H3;5-8,18-21,24-25H,1,3,9-13H2,2H3;3-7H,8H2,1-2H3/b17-16+;;/t24-,25-,27?;18-,19+,20?,21+;/m00./s1. The Hall–Kier alpha value is -7.15. The van der Waals surface area contributed by atoms with Crippen LogP contribution in [0, 0.1) is 20.2 Å². The summed E-state index contributed by atoms with van der Waals surface area (Å²) in [4.78, 5) is 46.2. The maximum absolute atomic E-state index is 12.7. The Labute approximate surface area is 473 Å². The van der Waals surface area contributed by atoms with Crippen LogP contribution in [0.3, 0.4) is 0 Å². The number of aliphatic hydroxyl groups is 2. The van der Waals surface area contributed by atoms with Gasteiger partial charge in [-0.1, -0.05) is 62.7 Å². The molecule has 0 radical (unpaired) electrons. The van der Waals surface area contributed by atoms with E-state index in [2.05, 4.69) is 37.8 Å². The molecule has 2 saturated heterocycles. The molecule has 434 valence electrons. The van der Waals surface area contributed by atoms with Crippen LogP contribution in [0.5, 0.6) is 0 Å². The van der Waals surface area contributed by atoms with Crippen molar-refractivity contribution in [1.82, 2.24) is 0 Å². The SMILES string of the molecule is C=C=C(C)C[C@H](CCC1O[C@@H](/C=C/S(=O)(=O)c2ccccc2)CC1=C)OC(=O)c1ccc([N+](=O)[O-])cc1.C=C=C(C)C[C@H](CCC1O[C@@H]([C@H](O)CO)CC1=C)OC(=O)c1ccc([N+](=O)[O-])cc1.CP(C)(=O)CS(=O)(=O)c1ccccc1. The van der Waals surface area contributed by atoms with E-state index in [9.17, 15) is 56.3 Å². The fourth-order valence-electron chi connectivity index (χ4n) is 8.27. The highest BCUT2D eigenvalue weighted by Crippen LogP contribution is 2.39. The number of ether oxygens (including phenoxy) is 4. The Morgan fingerprint density at radius 2 is 1.14 bits per heavy atom. The number of benzene rings is 4. The van der Waals surface area contributed by atoms with Crippen molar-refractivity contribution in [2.24, 2.45) is 0 Å². The Kier molecular flexibility index (Phi) is 25.5. The average Bonchev–Trinajstić information content (AvgIpc) is 4.00. The topological polar surface area (TPSA) is 283 Å². The number of carbonyl (C=O) groups excluding carboxylic acids is 2. The molecule has 6 rings (SSSR count). The maximum atomic E-state index is 12.7. The van der Waals surface area contributed by atoms with Gasteiger partial charge in [0.15, 0.2) is 19.7 Å². The Bertz CT molecular complexity index is 3260. The van der Waals surface area contributed by atoms with Gasteiger partial charge >= 0.3 is 11.9 Å². The molecular weight excluding hydrogens is 1100 g/mol. The van der Waals surface area contributed by atoms with Gasteiger partial charge < -0.3 is 33.7 Å². The van der Waals surface area contributed by atoms with Crippen molar-refractivity contribution in [2.75, 3.05) is 25.4 Å². The first kappa shape index (κ1) is 66.4. The Morgan fingerprint density at radius 1 is 0.716 bits per heavy atom. The van der Waals surface area contributed by atoms with Crippen LogP contribution >= 0.6 is 7.14 Å². The van der Waals surface area contributed by atoms with E-state index in [1.807, 2.05) is 13.8 Å². The summed E-state index contributed by atoms with van der Waals surface area (Å²) < 4.78 is 82.9. The average molecular weight is 1170 g/mol. The summed E-state index contributed by atoms with van der Waals surface area (Å²) in [6.45, 7) is 21.5. The molecule has 7 atom stereocenters. The molecule has 2 aliphatic heterocycles. The molecule has 22 heteroatoms. The summed E-state index contributed by atoms with van der Waals surface area (Å²) in [6, 6.07) is 26.7.